The number of aliphatic hydroxyl groups excluding tert-OH is 1. The molecule has 0 amide bonds. The molecule has 0 aliphatic carbocycles. The van der Waals surface area contributed by atoms with Gasteiger partial charge in [-0.25, -0.2) is 0 Å². The molecule has 4 heteroatoms. The van der Waals surface area contributed by atoms with Crippen molar-refractivity contribution in [1.82, 2.24) is 4.90 Å². The number of benzene rings is 1. The minimum atomic E-state index is -0.462. The van der Waals surface area contributed by atoms with Crippen molar-refractivity contribution in [3.63, 3.8) is 0 Å². The van der Waals surface area contributed by atoms with Gasteiger partial charge in [0.15, 0.2) is 0 Å². The molecule has 0 bridgehead atoms. The number of hydrogen-bond acceptors (Lipinski definition) is 4. The van der Waals surface area contributed by atoms with Crippen molar-refractivity contribution >= 4 is 5.69 Å². The van der Waals surface area contributed by atoms with Crippen LogP contribution in [0.3, 0.4) is 0 Å². The van der Waals surface area contributed by atoms with Gasteiger partial charge in [0.1, 0.15) is 18.5 Å². The Kier molecular flexibility index (Phi) is 8.87. The summed E-state index contributed by atoms with van der Waals surface area (Å²) < 4.78 is 5.60. The highest BCUT2D eigenvalue weighted by Gasteiger charge is 2.12. The number of hydrogen-bond donors (Lipinski definition) is 2. The molecule has 1 unspecified atom stereocenters. The molecule has 1 aromatic carbocycles. The zero-order valence-corrected chi connectivity index (χ0v) is 13.4. The molecule has 0 aliphatic heterocycles. The standard InChI is InChI=1S/C17H30N2O2/c1-3-5-11-19(12-6-4-2)13-16(20)14-21-17-9-7-15(18)8-10-17/h7-10,16,20H,3-6,11-14,18H2,1-2H3. The number of unbranched alkanes of at least 4 members (excludes halogenated alkanes) is 2. The Labute approximate surface area is 128 Å². The number of anilines is 1. The van der Waals surface area contributed by atoms with Gasteiger partial charge in [0, 0.05) is 12.2 Å². The third-order valence-corrected chi connectivity index (χ3v) is 3.45. The summed E-state index contributed by atoms with van der Waals surface area (Å²) in [4.78, 5) is 2.34. The van der Waals surface area contributed by atoms with Crippen LogP contribution in [-0.4, -0.2) is 42.4 Å². The summed E-state index contributed by atoms with van der Waals surface area (Å²) in [5.41, 5.74) is 6.35. The Bertz CT molecular complexity index is 360. The van der Waals surface area contributed by atoms with Gasteiger partial charge < -0.3 is 20.5 Å². The van der Waals surface area contributed by atoms with Crippen LogP contribution in [-0.2, 0) is 0 Å². The first-order chi connectivity index (χ1) is 10.2. The molecule has 120 valence electrons. The van der Waals surface area contributed by atoms with Crippen molar-refractivity contribution in [3.05, 3.63) is 24.3 Å². The first-order valence-corrected chi connectivity index (χ1v) is 8.04. The Hall–Kier alpha value is -1.26. The van der Waals surface area contributed by atoms with Crippen molar-refractivity contribution in [2.24, 2.45) is 0 Å². The maximum Gasteiger partial charge on any atom is 0.119 e. The van der Waals surface area contributed by atoms with Crippen LogP contribution >= 0.6 is 0 Å². The zero-order chi connectivity index (χ0) is 15.5. The average molecular weight is 294 g/mol. The van der Waals surface area contributed by atoms with Gasteiger partial charge in [0.05, 0.1) is 0 Å². The molecule has 0 heterocycles. The van der Waals surface area contributed by atoms with Crippen LogP contribution in [0.15, 0.2) is 24.3 Å². The Morgan fingerprint density at radius 1 is 1.10 bits per heavy atom. The van der Waals surface area contributed by atoms with Crippen molar-refractivity contribution < 1.29 is 9.84 Å². The summed E-state index contributed by atoms with van der Waals surface area (Å²) in [6.45, 7) is 7.48. The lowest BCUT2D eigenvalue weighted by atomic mass is 10.2. The molecular weight excluding hydrogens is 264 g/mol. The van der Waals surface area contributed by atoms with E-state index in [1.165, 1.54) is 25.7 Å². The van der Waals surface area contributed by atoms with E-state index in [4.69, 9.17) is 10.5 Å². The fraction of sp³-hybridized carbons (Fsp3) is 0.647. The molecule has 0 radical (unpaired) electrons. The lowest BCUT2D eigenvalue weighted by Crippen LogP contribution is -2.36. The van der Waals surface area contributed by atoms with E-state index < -0.39 is 6.10 Å². The predicted molar refractivity (Wildman–Crippen MR) is 88.6 cm³/mol. The smallest absolute Gasteiger partial charge is 0.119 e. The number of rotatable bonds is 11. The molecule has 1 aromatic rings. The topological polar surface area (TPSA) is 58.7 Å². The van der Waals surface area contributed by atoms with Crippen LogP contribution in [0.2, 0.25) is 0 Å². The SMILES string of the molecule is CCCCN(CCCC)CC(O)COc1ccc(N)cc1. The van der Waals surface area contributed by atoms with Crippen LogP contribution in [0.4, 0.5) is 5.69 Å². The van der Waals surface area contributed by atoms with Gasteiger partial charge in [0.25, 0.3) is 0 Å². The molecule has 0 saturated heterocycles. The van der Waals surface area contributed by atoms with Crippen LogP contribution in [0.25, 0.3) is 0 Å². The van der Waals surface area contributed by atoms with E-state index in [1.54, 1.807) is 12.1 Å². The number of nitrogens with two attached hydrogens (primary N) is 1. The fourth-order valence-corrected chi connectivity index (χ4v) is 2.17. The molecule has 0 saturated carbocycles. The highest BCUT2D eigenvalue weighted by atomic mass is 16.5. The molecule has 4 nitrogen and oxygen atoms in total. The minimum Gasteiger partial charge on any atom is -0.491 e. The second-order valence-corrected chi connectivity index (χ2v) is 5.54. The first-order valence-electron chi connectivity index (χ1n) is 8.04. The maximum atomic E-state index is 10.1. The summed E-state index contributed by atoms with van der Waals surface area (Å²) in [6.07, 6.45) is 4.25. The van der Waals surface area contributed by atoms with E-state index >= 15 is 0 Å². The fourth-order valence-electron chi connectivity index (χ4n) is 2.17. The van der Waals surface area contributed by atoms with E-state index in [2.05, 4.69) is 18.7 Å². The number of aliphatic hydroxyl groups is 1. The molecule has 3 N–H and O–H groups in total. The predicted octanol–water partition coefficient (Wildman–Crippen LogP) is 2.91. The average Bonchev–Trinajstić information content (AvgIpc) is 2.49. The first kappa shape index (κ1) is 17.8. The second-order valence-electron chi connectivity index (χ2n) is 5.54. The number of nitrogens with zero attached hydrogens (tertiary/aromatic N) is 1. The molecule has 1 rings (SSSR count). The zero-order valence-electron chi connectivity index (χ0n) is 13.4. The Morgan fingerprint density at radius 3 is 2.19 bits per heavy atom. The minimum absolute atomic E-state index is 0.318. The van der Waals surface area contributed by atoms with E-state index in [-0.39, 0.29) is 0 Å². The van der Waals surface area contributed by atoms with Gasteiger partial charge in [-0.3, -0.25) is 0 Å². The molecule has 0 spiro atoms. The van der Waals surface area contributed by atoms with Crippen molar-refractivity contribution in [2.45, 2.75) is 45.6 Å². The van der Waals surface area contributed by atoms with Gasteiger partial charge in [-0.05, 0) is 50.2 Å². The van der Waals surface area contributed by atoms with Gasteiger partial charge in [0.2, 0.25) is 0 Å². The highest BCUT2D eigenvalue weighted by molar-refractivity contribution is 5.41. The summed E-state index contributed by atoms with van der Waals surface area (Å²) in [5.74, 6) is 0.747. The lowest BCUT2D eigenvalue weighted by molar-refractivity contribution is 0.0672. The third kappa shape index (κ3) is 7.93. The van der Waals surface area contributed by atoms with Crippen molar-refractivity contribution in [3.8, 4) is 5.75 Å². The summed E-state index contributed by atoms with van der Waals surface area (Å²) >= 11 is 0. The molecule has 0 fully saturated rings. The Balaban J connectivity index is 2.34. The van der Waals surface area contributed by atoms with Gasteiger partial charge in [-0.15, -0.1) is 0 Å². The maximum absolute atomic E-state index is 10.1. The summed E-state index contributed by atoms with van der Waals surface area (Å²) in [6, 6.07) is 7.26. The van der Waals surface area contributed by atoms with Crippen LogP contribution in [0.1, 0.15) is 39.5 Å². The van der Waals surface area contributed by atoms with Crippen molar-refractivity contribution in [1.29, 1.82) is 0 Å². The van der Waals surface area contributed by atoms with Gasteiger partial charge in [-0.1, -0.05) is 26.7 Å². The molecule has 0 aliphatic rings. The van der Waals surface area contributed by atoms with Gasteiger partial charge >= 0.3 is 0 Å². The number of ether oxygens (including phenoxy) is 1. The van der Waals surface area contributed by atoms with E-state index in [1.807, 2.05) is 12.1 Å². The molecule has 0 aromatic heterocycles. The van der Waals surface area contributed by atoms with Crippen molar-refractivity contribution in [2.75, 3.05) is 32.0 Å². The highest BCUT2D eigenvalue weighted by Crippen LogP contribution is 2.13. The second kappa shape index (κ2) is 10.5. The third-order valence-electron chi connectivity index (χ3n) is 3.45. The molecular formula is C17H30N2O2. The monoisotopic (exact) mass is 294 g/mol. The molecule has 1 atom stereocenters. The quantitative estimate of drug-likeness (QED) is 0.616. The van der Waals surface area contributed by atoms with E-state index in [0.717, 1.165) is 18.8 Å². The van der Waals surface area contributed by atoms with Crippen LogP contribution in [0.5, 0.6) is 5.75 Å². The largest absolute Gasteiger partial charge is 0.491 e. The Morgan fingerprint density at radius 2 is 1.67 bits per heavy atom. The lowest BCUT2D eigenvalue weighted by Gasteiger charge is -2.25. The normalized spacial score (nSPS) is 12.6. The van der Waals surface area contributed by atoms with Crippen LogP contribution in [0, 0.1) is 0 Å². The van der Waals surface area contributed by atoms with E-state index in [9.17, 15) is 5.11 Å². The van der Waals surface area contributed by atoms with Crippen LogP contribution < -0.4 is 10.5 Å². The molecule has 21 heavy (non-hydrogen) atoms. The van der Waals surface area contributed by atoms with Gasteiger partial charge in [-0.2, -0.15) is 0 Å². The van der Waals surface area contributed by atoms with E-state index in [0.29, 0.717) is 18.8 Å². The number of nitrogen functional groups attached to an aromatic ring is 1. The summed E-state index contributed by atoms with van der Waals surface area (Å²) in [7, 11) is 0. The summed E-state index contributed by atoms with van der Waals surface area (Å²) in [5, 5.41) is 10.1.